The van der Waals surface area contributed by atoms with Crippen molar-refractivity contribution in [3.63, 3.8) is 0 Å². The van der Waals surface area contributed by atoms with Crippen LogP contribution in [0.4, 0.5) is 0 Å². The quantitative estimate of drug-likeness (QED) is 0.646. The minimum Gasteiger partial charge on any atom is -0.315 e. The summed E-state index contributed by atoms with van der Waals surface area (Å²) < 4.78 is 0. The first-order chi connectivity index (χ1) is 6.42. The van der Waals surface area contributed by atoms with Gasteiger partial charge in [-0.25, -0.2) is 0 Å². The lowest BCUT2D eigenvalue weighted by atomic mass is 9.95. The second-order valence-electron chi connectivity index (χ2n) is 4.15. The Labute approximate surface area is 81.0 Å². The van der Waals surface area contributed by atoms with Crippen LogP contribution in [0.1, 0.15) is 25.7 Å². The highest BCUT2D eigenvalue weighted by Crippen LogP contribution is 2.21. The minimum atomic E-state index is 0.683. The fourth-order valence-electron chi connectivity index (χ4n) is 2.59. The zero-order valence-electron chi connectivity index (χ0n) is 8.50. The van der Waals surface area contributed by atoms with Gasteiger partial charge in [0, 0.05) is 12.1 Å². The Morgan fingerprint density at radius 1 is 1.15 bits per heavy atom. The van der Waals surface area contributed by atoms with Crippen LogP contribution in [0.3, 0.4) is 0 Å². The number of likely N-dealkylation sites (N-methyl/N-ethyl adjacent to an activating group) is 1. The SMILES string of the molecule is CNC1CC=CCC1N1CCCC1. The lowest BCUT2D eigenvalue weighted by Gasteiger charge is -2.35. The second-order valence-corrected chi connectivity index (χ2v) is 4.15. The average molecular weight is 180 g/mol. The molecule has 0 aromatic heterocycles. The molecule has 0 amide bonds. The first-order valence-corrected chi connectivity index (χ1v) is 5.48. The van der Waals surface area contributed by atoms with E-state index in [0.29, 0.717) is 6.04 Å². The van der Waals surface area contributed by atoms with Crippen LogP contribution in [-0.4, -0.2) is 37.1 Å². The molecule has 74 valence electrons. The molecule has 2 unspecified atom stereocenters. The third kappa shape index (κ3) is 1.94. The molecule has 0 bridgehead atoms. The summed E-state index contributed by atoms with van der Waals surface area (Å²) in [6.45, 7) is 2.63. The van der Waals surface area contributed by atoms with E-state index in [4.69, 9.17) is 0 Å². The molecule has 0 radical (unpaired) electrons. The van der Waals surface area contributed by atoms with Crippen LogP contribution in [0.2, 0.25) is 0 Å². The van der Waals surface area contributed by atoms with Crippen molar-refractivity contribution in [2.75, 3.05) is 20.1 Å². The topological polar surface area (TPSA) is 15.3 Å². The van der Waals surface area contributed by atoms with E-state index in [0.717, 1.165) is 6.04 Å². The summed E-state index contributed by atoms with van der Waals surface area (Å²) in [5.41, 5.74) is 0. The molecule has 2 atom stereocenters. The first-order valence-electron chi connectivity index (χ1n) is 5.48. The second kappa shape index (κ2) is 4.25. The van der Waals surface area contributed by atoms with Gasteiger partial charge < -0.3 is 5.32 Å². The summed E-state index contributed by atoms with van der Waals surface area (Å²) in [7, 11) is 2.09. The van der Waals surface area contributed by atoms with Gasteiger partial charge in [-0.2, -0.15) is 0 Å². The Morgan fingerprint density at radius 2 is 1.85 bits per heavy atom. The highest BCUT2D eigenvalue weighted by atomic mass is 15.2. The number of nitrogens with zero attached hydrogens (tertiary/aromatic N) is 1. The predicted molar refractivity (Wildman–Crippen MR) is 55.8 cm³/mol. The Balaban J connectivity index is 1.98. The zero-order valence-corrected chi connectivity index (χ0v) is 8.50. The van der Waals surface area contributed by atoms with Crippen molar-refractivity contribution in [3.8, 4) is 0 Å². The molecule has 1 aliphatic carbocycles. The number of rotatable bonds is 2. The standard InChI is InChI=1S/C11H20N2/c1-12-10-6-2-3-7-11(10)13-8-4-5-9-13/h2-3,10-12H,4-9H2,1H3. The zero-order chi connectivity index (χ0) is 9.10. The third-order valence-electron chi connectivity index (χ3n) is 3.38. The summed E-state index contributed by atoms with van der Waals surface area (Å²) in [4.78, 5) is 2.66. The molecular formula is C11H20N2. The Kier molecular flexibility index (Phi) is 3.01. The van der Waals surface area contributed by atoms with Crippen molar-refractivity contribution in [1.29, 1.82) is 0 Å². The van der Waals surface area contributed by atoms with Gasteiger partial charge in [0.25, 0.3) is 0 Å². The fourth-order valence-corrected chi connectivity index (χ4v) is 2.59. The van der Waals surface area contributed by atoms with Crippen molar-refractivity contribution >= 4 is 0 Å². The van der Waals surface area contributed by atoms with Crippen LogP contribution in [-0.2, 0) is 0 Å². The molecule has 0 aromatic rings. The highest BCUT2D eigenvalue weighted by molar-refractivity contribution is 5.02. The van der Waals surface area contributed by atoms with E-state index in [1.54, 1.807) is 0 Å². The van der Waals surface area contributed by atoms with Crippen LogP contribution in [0.25, 0.3) is 0 Å². The summed E-state index contributed by atoms with van der Waals surface area (Å²) in [5, 5.41) is 3.44. The van der Waals surface area contributed by atoms with Gasteiger partial charge in [0.1, 0.15) is 0 Å². The molecule has 2 aliphatic rings. The number of likely N-dealkylation sites (tertiary alicyclic amines) is 1. The van der Waals surface area contributed by atoms with Gasteiger partial charge in [-0.05, 0) is 45.8 Å². The monoisotopic (exact) mass is 180 g/mol. The first kappa shape index (κ1) is 9.22. The maximum atomic E-state index is 3.44. The summed E-state index contributed by atoms with van der Waals surface area (Å²) in [5.74, 6) is 0. The molecule has 1 N–H and O–H groups in total. The summed E-state index contributed by atoms with van der Waals surface area (Å²) >= 11 is 0. The molecule has 0 spiro atoms. The smallest absolute Gasteiger partial charge is 0.0286 e. The maximum Gasteiger partial charge on any atom is 0.0286 e. The van der Waals surface area contributed by atoms with E-state index < -0.39 is 0 Å². The van der Waals surface area contributed by atoms with Crippen molar-refractivity contribution in [2.24, 2.45) is 0 Å². The van der Waals surface area contributed by atoms with Crippen LogP contribution >= 0.6 is 0 Å². The van der Waals surface area contributed by atoms with Gasteiger partial charge in [-0.1, -0.05) is 12.2 Å². The van der Waals surface area contributed by atoms with E-state index >= 15 is 0 Å². The molecule has 13 heavy (non-hydrogen) atoms. The fraction of sp³-hybridized carbons (Fsp3) is 0.818. The van der Waals surface area contributed by atoms with Crippen LogP contribution in [0.5, 0.6) is 0 Å². The van der Waals surface area contributed by atoms with Crippen LogP contribution in [0, 0.1) is 0 Å². The molecule has 2 heteroatoms. The molecule has 1 fully saturated rings. The number of hydrogen-bond acceptors (Lipinski definition) is 2. The lowest BCUT2D eigenvalue weighted by Crippen LogP contribution is -2.48. The van der Waals surface area contributed by atoms with Gasteiger partial charge in [-0.15, -0.1) is 0 Å². The summed E-state index contributed by atoms with van der Waals surface area (Å²) in [6, 6.07) is 1.44. The normalized spacial score (nSPS) is 35.5. The largest absolute Gasteiger partial charge is 0.315 e. The Hall–Kier alpha value is -0.340. The van der Waals surface area contributed by atoms with E-state index in [-0.39, 0.29) is 0 Å². The van der Waals surface area contributed by atoms with Crippen molar-refractivity contribution in [3.05, 3.63) is 12.2 Å². The van der Waals surface area contributed by atoms with E-state index in [2.05, 4.69) is 29.4 Å². The van der Waals surface area contributed by atoms with Crippen LogP contribution in [0.15, 0.2) is 12.2 Å². The molecular weight excluding hydrogens is 160 g/mol. The average Bonchev–Trinajstić information content (AvgIpc) is 2.70. The molecule has 2 rings (SSSR count). The van der Waals surface area contributed by atoms with Crippen molar-refractivity contribution < 1.29 is 0 Å². The van der Waals surface area contributed by atoms with Gasteiger partial charge in [0.05, 0.1) is 0 Å². The molecule has 1 heterocycles. The van der Waals surface area contributed by atoms with E-state index in [1.165, 1.54) is 38.8 Å². The predicted octanol–water partition coefficient (Wildman–Crippen LogP) is 1.39. The lowest BCUT2D eigenvalue weighted by molar-refractivity contribution is 0.191. The Morgan fingerprint density at radius 3 is 2.54 bits per heavy atom. The minimum absolute atomic E-state index is 0.683. The van der Waals surface area contributed by atoms with Crippen molar-refractivity contribution in [2.45, 2.75) is 37.8 Å². The molecule has 0 saturated carbocycles. The third-order valence-corrected chi connectivity index (χ3v) is 3.38. The van der Waals surface area contributed by atoms with Gasteiger partial charge in [0.2, 0.25) is 0 Å². The highest BCUT2D eigenvalue weighted by Gasteiger charge is 2.28. The van der Waals surface area contributed by atoms with Crippen molar-refractivity contribution in [1.82, 2.24) is 10.2 Å². The maximum absolute atomic E-state index is 3.44. The number of hydrogen-bond donors (Lipinski definition) is 1. The Bertz CT molecular complexity index is 183. The van der Waals surface area contributed by atoms with Gasteiger partial charge >= 0.3 is 0 Å². The van der Waals surface area contributed by atoms with Crippen LogP contribution < -0.4 is 5.32 Å². The molecule has 2 nitrogen and oxygen atoms in total. The molecule has 1 saturated heterocycles. The molecule has 1 aliphatic heterocycles. The molecule has 0 aromatic carbocycles. The van der Waals surface area contributed by atoms with Gasteiger partial charge in [-0.3, -0.25) is 4.90 Å². The van der Waals surface area contributed by atoms with Gasteiger partial charge in [0.15, 0.2) is 0 Å². The van der Waals surface area contributed by atoms with E-state index in [9.17, 15) is 0 Å². The number of nitrogens with one attached hydrogen (secondary N) is 1. The summed E-state index contributed by atoms with van der Waals surface area (Å²) in [6.07, 6.45) is 9.90. The van der Waals surface area contributed by atoms with E-state index in [1.807, 2.05) is 0 Å².